The maximum atomic E-state index is 14.0. The van der Waals surface area contributed by atoms with Gasteiger partial charge in [0.05, 0.1) is 36.2 Å². The van der Waals surface area contributed by atoms with Gasteiger partial charge >= 0.3 is 6.03 Å². The van der Waals surface area contributed by atoms with E-state index >= 15 is 0 Å². The summed E-state index contributed by atoms with van der Waals surface area (Å²) in [6.45, 7) is 0.0791. The molecule has 3 aromatic rings. The SMILES string of the molecule is O=C(N[C@H](c1cn2ncc(CN3C(=O)N[C@@H]4CC(F)(F)CC43)cc2n1)C1CCC(F)(F)CC1)c1nonc1C1CC1. The average molecular weight is 577 g/mol. The standard InChI is InChI=1S/C26H28F4N8O3/c27-25(28)5-3-15(4-6-25)20(34-23(39)22-21(14-1-2-14)35-41-36-22)17-12-38-19(32-17)7-13(10-31-38)11-37-18-9-26(29,30)8-16(18)33-24(37)40/h7,10,12,14-16,18,20H,1-6,8-9,11H2,(H,33,40)(H,34,39)/t16-,18?,20+/m1/s1. The number of hydrogen-bond donors (Lipinski definition) is 2. The smallest absolute Gasteiger partial charge is 0.318 e. The number of nitrogens with zero attached hydrogens (tertiary/aromatic N) is 6. The van der Waals surface area contributed by atoms with Crippen LogP contribution in [-0.4, -0.2) is 65.7 Å². The third kappa shape index (κ3) is 4.99. The first-order chi connectivity index (χ1) is 19.6. The van der Waals surface area contributed by atoms with E-state index in [4.69, 9.17) is 4.63 Å². The lowest BCUT2D eigenvalue weighted by Crippen LogP contribution is -2.37. The molecular formula is C26H28F4N8O3. The molecule has 0 aromatic carbocycles. The lowest BCUT2D eigenvalue weighted by molar-refractivity contribution is -0.0495. The summed E-state index contributed by atoms with van der Waals surface area (Å²) in [7, 11) is 0. The molecule has 2 N–H and O–H groups in total. The summed E-state index contributed by atoms with van der Waals surface area (Å²) < 4.78 is 62.2. The number of carbonyl (C=O) groups excluding carboxylic acids is 2. The largest absolute Gasteiger partial charge is 0.342 e. The van der Waals surface area contributed by atoms with Crippen LogP contribution in [-0.2, 0) is 6.54 Å². The third-order valence-electron chi connectivity index (χ3n) is 8.74. The van der Waals surface area contributed by atoms with E-state index < -0.39 is 48.3 Å². The van der Waals surface area contributed by atoms with E-state index in [2.05, 4.69) is 31.0 Å². The maximum absolute atomic E-state index is 14.0. The molecule has 15 heteroatoms. The zero-order chi connectivity index (χ0) is 28.5. The zero-order valence-corrected chi connectivity index (χ0v) is 21.9. The van der Waals surface area contributed by atoms with Crippen molar-refractivity contribution in [2.24, 2.45) is 5.92 Å². The van der Waals surface area contributed by atoms with Gasteiger partial charge in [-0.25, -0.2) is 36.5 Å². The van der Waals surface area contributed by atoms with Gasteiger partial charge in [-0.15, -0.1) is 0 Å². The van der Waals surface area contributed by atoms with Gasteiger partial charge in [0.15, 0.2) is 11.3 Å². The Morgan fingerprint density at radius 3 is 2.66 bits per heavy atom. The number of rotatable bonds is 7. The lowest BCUT2D eigenvalue weighted by Gasteiger charge is -2.33. The van der Waals surface area contributed by atoms with Crippen molar-refractivity contribution in [3.05, 3.63) is 41.1 Å². The van der Waals surface area contributed by atoms with Crippen molar-refractivity contribution in [3.8, 4) is 0 Å². The van der Waals surface area contributed by atoms with Crippen LogP contribution in [0.1, 0.15) is 90.8 Å². The molecule has 11 nitrogen and oxygen atoms in total. The third-order valence-corrected chi connectivity index (χ3v) is 8.74. The molecule has 3 amide bonds. The molecule has 1 unspecified atom stereocenters. The highest BCUT2D eigenvalue weighted by Gasteiger charge is 2.54. The van der Waals surface area contributed by atoms with E-state index in [0.717, 1.165) is 12.8 Å². The van der Waals surface area contributed by atoms with Gasteiger partial charge in [-0.1, -0.05) is 5.16 Å². The Kier molecular flexibility index (Phi) is 5.98. The monoisotopic (exact) mass is 576 g/mol. The van der Waals surface area contributed by atoms with Crippen molar-refractivity contribution in [3.63, 3.8) is 0 Å². The first-order valence-corrected chi connectivity index (χ1v) is 13.9. The van der Waals surface area contributed by atoms with Gasteiger partial charge in [-0.05, 0) is 48.4 Å². The second kappa shape index (κ2) is 9.38. The molecule has 4 heterocycles. The van der Waals surface area contributed by atoms with Gasteiger partial charge in [0.2, 0.25) is 5.92 Å². The van der Waals surface area contributed by atoms with Crippen LogP contribution in [0.5, 0.6) is 0 Å². The quantitative estimate of drug-likeness (QED) is 0.407. The summed E-state index contributed by atoms with van der Waals surface area (Å²) >= 11 is 0. The summed E-state index contributed by atoms with van der Waals surface area (Å²) in [5, 5.41) is 17.6. The van der Waals surface area contributed by atoms with Crippen molar-refractivity contribution in [2.75, 3.05) is 0 Å². The minimum Gasteiger partial charge on any atom is -0.342 e. The van der Waals surface area contributed by atoms with Crippen LogP contribution in [0.2, 0.25) is 0 Å². The molecule has 3 atom stereocenters. The molecule has 218 valence electrons. The Bertz CT molecular complexity index is 1490. The first-order valence-electron chi connectivity index (χ1n) is 13.9. The Morgan fingerprint density at radius 2 is 1.90 bits per heavy atom. The fourth-order valence-electron chi connectivity index (χ4n) is 6.43. The minimum absolute atomic E-state index is 0.0791. The Balaban J connectivity index is 1.15. The molecule has 41 heavy (non-hydrogen) atoms. The average Bonchev–Trinajstić information content (AvgIpc) is 3.23. The highest BCUT2D eigenvalue weighted by atomic mass is 19.3. The van der Waals surface area contributed by atoms with Crippen LogP contribution in [0.4, 0.5) is 22.4 Å². The highest BCUT2D eigenvalue weighted by molar-refractivity contribution is 5.93. The Hall–Kier alpha value is -3.78. The van der Waals surface area contributed by atoms with E-state index in [1.807, 2.05) is 0 Å². The summed E-state index contributed by atoms with van der Waals surface area (Å²) in [6, 6.07) is -0.604. The fourth-order valence-corrected chi connectivity index (χ4v) is 6.43. The molecule has 0 radical (unpaired) electrons. The number of alkyl halides is 4. The zero-order valence-electron chi connectivity index (χ0n) is 21.9. The highest BCUT2D eigenvalue weighted by Crippen LogP contribution is 2.43. The van der Waals surface area contributed by atoms with Gasteiger partial charge in [-0.3, -0.25) is 4.79 Å². The van der Waals surface area contributed by atoms with Crippen LogP contribution in [0, 0.1) is 5.92 Å². The van der Waals surface area contributed by atoms with E-state index in [9.17, 15) is 27.2 Å². The summed E-state index contributed by atoms with van der Waals surface area (Å²) in [4.78, 5) is 31.8. The van der Waals surface area contributed by atoms with Gasteiger partial charge < -0.3 is 15.5 Å². The van der Waals surface area contributed by atoms with Crippen molar-refractivity contribution in [2.45, 2.75) is 93.8 Å². The molecule has 0 spiro atoms. The number of imidazole rings is 1. The second-order valence-corrected chi connectivity index (χ2v) is 11.8. The van der Waals surface area contributed by atoms with Crippen molar-refractivity contribution in [1.82, 2.24) is 40.4 Å². The molecule has 3 saturated carbocycles. The number of carbonyl (C=O) groups is 2. The van der Waals surface area contributed by atoms with Gasteiger partial charge in [0.1, 0.15) is 5.69 Å². The molecule has 3 aromatic heterocycles. The normalized spacial score (nSPS) is 26.2. The Labute approximate surface area is 231 Å². The summed E-state index contributed by atoms with van der Waals surface area (Å²) in [5.74, 6) is -6.27. The van der Waals surface area contributed by atoms with Gasteiger partial charge in [0.25, 0.3) is 11.8 Å². The molecule has 1 saturated heterocycles. The molecule has 4 aliphatic rings. The van der Waals surface area contributed by atoms with Gasteiger partial charge in [-0.2, -0.15) is 5.10 Å². The molecular weight excluding hydrogens is 548 g/mol. The predicted octanol–water partition coefficient (Wildman–Crippen LogP) is 3.98. The predicted molar refractivity (Wildman–Crippen MR) is 132 cm³/mol. The second-order valence-electron chi connectivity index (χ2n) is 11.8. The number of fused-ring (bicyclic) bond motifs is 2. The molecule has 7 rings (SSSR count). The number of hydrogen-bond acceptors (Lipinski definition) is 7. The number of halogens is 4. The molecule has 3 aliphatic carbocycles. The van der Waals surface area contributed by atoms with E-state index in [1.165, 1.54) is 15.6 Å². The number of urea groups is 1. The van der Waals surface area contributed by atoms with Crippen LogP contribution < -0.4 is 10.6 Å². The maximum Gasteiger partial charge on any atom is 0.318 e. The van der Waals surface area contributed by atoms with Crippen LogP contribution in [0.3, 0.4) is 0 Å². The lowest BCUT2D eigenvalue weighted by atomic mass is 9.81. The number of aromatic nitrogens is 5. The molecule has 1 aliphatic heterocycles. The van der Waals surface area contributed by atoms with E-state index in [-0.39, 0.29) is 56.2 Å². The van der Waals surface area contributed by atoms with Crippen molar-refractivity contribution >= 4 is 17.6 Å². The fraction of sp³-hybridized carbons (Fsp3) is 0.615. The Morgan fingerprint density at radius 1 is 1.12 bits per heavy atom. The topological polar surface area (TPSA) is 131 Å². The summed E-state index contributed by atoms with van der Waals surface area (Å²) in [5.41, 5.74) is 2.03. The number of amides is 3. The van der Waals surface area contributed by atoms with E-state index in [1.54, 1.807) is 12.3 Å². The van der Waals surface area contributed by atoms with Crippen molar-refractivity contribution < 1.29 is 31.8 Å². The van der Waals surface area contributed by atoms with Crippen LogP contribution >= 0.6 is 0 Å². The first kappa shape index (κ1) is 26.1. The van der Waals surface area contributed by atoms with Crippen LogP contribution in [0.15, 0.2) is 23.1 Å². The van der Waals surface area contributed by atoms with Crippen LogP contribution in [0.25, 0.3) is 5.65 Å². The minimum atomic E-state index is -2.83. The molecule has 0 bridgehead atoms. The van der Waals surface area contributed by atoms with Gasteiger partial charge in [0, 0.05) is 38.1 Å². The van der Waals surface area contributed by atoms with Crippen molar-refractivity contribution in [1.29, 1.82) is 0 Å². The molecule has 4 fully saturated rings. The number of nitrogens with one attached hydrogen (secondary N) is 2. The van der Waals surface area contributed by atoms with E-state index in [0.29, 0.717) is 22.6 Å². The summed E-state index contributed by atoms with van der Waals surface area (Å²) in [6.07, 6.45) is 3.95.